The van der Waals surface area contributed by atoms with Gasteiger partial charge in [0, 0.05) is 42.7 Å². The van der Waals surface area contributed by atoms with Gasteiger partial charge in [-0.2, -0.15) is 31.6 Å². The molecule has 13 heteroatoms. The van der Waals surface area contributed by atoms with E-state index >= 15 is 0 Å². The molecule has 0 saturated carbocycles. The van der Waals surface area contributed by atoms with Crippen LogP contribution in [-0.4, -0.2) is 84.5 Å². The smallest absolute Gasteiger partial charge is 0.324 e. The second-order valence-corrected chi connectivity index (χ2v) is 11.0. The number of carbonyl (C=O) groups excluding carboxylic acids is 1. The SMILES string of the molecule is CSCC[C@H](N)C(=O)OCn1nc(-c2cc3nc(-n4ccc(-c5ccccc5)n4)cc(N4CCOCC4)n3n2)cc1C. The zero-order chi connectivity index (χ0) is 29.1. The monoisotopic (exact) mass is 587 g/mol. The first-order valence-corrected chi connectivity index (χ1v) is 15.2. The lowest BCUT2D eigenvalue weighted by atomic mass is 10.2. The quantitative estimate of drug-likeness (QED) is 0.243. The number of aryl methyl sites for hydroxylation is 1. The van der Waals surface area contributed by atoms with Crippen LogP contribution in [0.3, 0.4) is 0 Å². The molecule has 4 aromatic heterocycles. The number of nitrogens with zero attached hydrogens (tertiary/aromatic N) is 8. The van der Waals surface area contributed by atoms with Crippen LogP contribution in [0.25, 0.3) is 34.1 Å². The maximum absolute atomic E-state index is 12.3. The highest BCUT2D eigenvalue weighted by molar-refractivity contribution is 7.98. The largest absolute Gasteiger partial charge is 0.441 e. The molecule has 1 fully saturated rings. The summed E-state index contributed by atoms with van der Waals surface area (Å²) in [6.45, 7) is 4.63. The summed E-state index contributed by atoms with van der Waals surface area (Å²) in [4.78, 5) is 19.5. The predicted octanol–water partition coefficient (Wildman–Crippen LogP) is 3.17. The molecule has 12 nitrogen and oxygen atoms in total. The Morgan fingerprint density at radius 2 is 1.83 bits per heavy atom. The molecular formula is C29H33N9O3S. The van der Waals surface area contributed by atoms with Crippen LogP contribution in [0, 0.1) is 6.92 Å². The van der Waals surface area contributed by atoms with Gasteiger partial charge in [0.25, 0.3) is 0 Å². The van der Waals surface area contributed by atoms with Gasteiger partial charge in [-0.1, -0.05) is 30.3 Å². The average Bonchev–Trinajstić information content (AvgIpc) is 3.77. The van der Waals surface area contributed by atoms with E-state index in [-0.39, 0.29) is 6.73 Å². The second-order valence-electron chi connectivity index (χ2n) is 10.0. The van der Waals surface area contributed by atoms with E-state index < -0.39 is 12.0 Å². The number of hydrogen-bond donors (Lipinski definition) is 1. The average molecular weight is 588 g/mol. The van der Waals surface area contributed by atoms with E-state index in [4.69, 9.17) is 30.4 Å². The van der Waals surface area contributed by atoms with Crippen LogP contribution >= 0.6 is 11.8 Å². The number of aromatic nitrogens is 7. The summed E-state index contributed by atoms with van der Waals surface area (Å²) in [6.07, 6.45) is 4.46. The van der Waals surface area contributed by atoms with Crippen molar-refractivity contribution < 1.29 is 14.3 Å². The highest BCUT2D eigenvalue weighted by Crippen LogP contribution is 2.26. The van der Waals surface area contributed by atoms with Crippen molar-refractivity contribution in [3.8, 4) is 28.5 Å². The summed E-state index contributed by atoms with van der Waals surface area (Å²) in [5, 5.41) is 14.4. The summed E-state index contributed by atoms with van der Waals surface area (Å²) >= 11 is 1.64. The molecule has 0 bridgehead atoms. The van der Waals surface area contributed by atoms with E-state index in [1.807, 2.05) is 78.5 Å². The van der Waals surface area contributed by atoms with Crippen LogP contribution in [-0.2, 0) is 21.0 Å². The lowest BCUT2D eigenvalue weighted by Crippen LogP contribution is -2.37. The number of esters is 1. The minimum atomic E-state index is -0.649. The van der Waals surface area contributed by atoms with Crippen molar-refractivity contribution in [2.45, 2.75) is 26.1 Å². The first-order valence-electron chi connectivity index (χ1n) is 13.8. The van der Waals surface area contributed by atoms with Crippen molar-refractivity contribution in [1.29, 1.82) is 0 Å². The minimum absolute atomic E-state index is 0.0184. The molecule has 2 N–H and O–H groups in total. The fraction of sp³-hybridized carbons (Fsp3) is 0.345. The number of morpholine rings is 1. The molecule has 1 atom stereocenters. The molecule has 42 heavy (non-hydrogen) atoms. The number of ether oxygens (including phenoxy) is 2. The van der Waals surface area contributed by atoms with Gasteiger partial charge in [-0.05, 0) is 37.5 Å². The number of carbonyl (C=O) groups is 1. The van der Waals surface area contributed by atoms with Gasteiger partial charge >= 0.3 is 5.97 Å². The number of thioether (sulfide) groups is 1. The molecule has 1 aliphatic heterocycles. The number of fused-ring (bicyclic) bond motifs is 1. The molecule has 5 heterocycles. The standard InChI is InChI=1S/C29H33N9O3S/c1-20-16-24(33-37(20)19-41-29(39)22(30)9-15-42-2)25-17-27-31-26(18-28(38(27)34-25)35-11-13-40-14-12-35)36-10-8-23(32-36)21-6-4-3-5-7-21/h3-8,10,16-18,22H,9,11-15,19,30H2,1-2H3/t22-/m0/s1. The fourth-order valence-corrected chi connectivity index (χ4v) is 5.27. The van der Waals surface area contributed by atoms with Gasteiger partial charge in [-0.25, -0.2) is 14.3 Å². The summed E-state index contributed by atoms with van der Waals surface area (Å²) in [5.74, 6) is 1.94. The third-order valence-corrected chi connectivity index (χ3v) is 7.78. The normalized spacial score (nSPS) is 14.4. The molecule has 0 spiro atoms. The third kappa shape index (κ3) is 5.89. The van der Waals surface area contributed by atoms with Crippen molar-refractivity contribution in [1.82, 2.24) is 34.2 Å². The zero-order valence-corrected chi connectivity index (χ0v) is 24.4. The zero-order valence-electron chi connectivity index (χ0n) is 23.6. The van der Waals surface area contributed by atoms with Crippen LogP contribution in [0.2, 0.25) is 0 Å². The Kier molecular flexibility index (Phi) is 8.22. The number of hydrogen-bond acceptors (Lipinski definition) is 10. The van der Waals surface area contributed by atoms with Gasteiger partial charge in [-0.3, -0.25) is 4.79 Å². The molecule has 0 aliphatic carbocycles. The molecule has 1 aromatic carbocycles. The summed E-state index contributed by atoms with van der Waals surface area (Å²) < 4.78 is 16.3. The maximum Gasteiger partial charge on any atom is 0.324 e. The van der Waals surface area contributed by atoms with Crippen LogP contribution in [0.5, 0.6) is 0 Å². The molecule has 6 rings (SSSR count). The van der Waals surface area contributed by atoms with Crippen LogP contribution < -0.4 is 10.6 Å². The molecule has 0 amide bonds. The van der Waals surface area contributed by atoms with Gasteiger partial charge in [0.2, 0.25) is 0 Å². The van der Waals surface area contributed by atoms with E-state index in [1.165, 1.54) is 0 Å². The van der Waals surface area contributed by atoms with Crippen LogP contribution in [0.1, 0.15) is 12.1 Å². The third-order valence-electron chi connectivity index (χ3n) is 7.13. The van der Waals surface area contributed by atoms with Gasteiger partial charge in [-0.15, -0.1) is 0 Å². The predicted molar refractivity (Wildman–Crippen MR) is 162 cm³/mol. The first-order chi connectivity index (χ1) is 20.5. The molecule has 1 aliphatic rings. The highest BCUT2D eigenvalue weighted by atomic mass is 32.2. The summed E-state index contributed by atoms with van der Waals surface area (Å²) in [5.41, 5.74) is 10.7. The van der Waals surface area contributed by atoms with E-state index in [9.17, 15) is 4.79 Å². The van der Waals surface area contributed by atoms with E-state index in [0.717, 1.165) is 41.6 Å². The van der Waals surface area contributed by atoms with Crippen molar-refractivity contribution in [3.05, 3.63) is 66.5 Å². The minimum Gasteiger partial charge on any atom is -0.441 e. The van der Waals surface area contributed by atoms with Gasteiger partial charge in [0.05, 0.1) is 18.9 Å². The van der Waals surface area contributed by atoms with Gasteiger partial charge in [0.1, 0.15) is 23.2 Å². The van der Waals surface area contributed by atoms with Crippen LogP contribution in [0.4, 0.5) is 5.82 Å². The maximum atomic E-state index is 12.3. The van der Waals surface area contributed by atoms with Crippen molar-refractivity contribution in [2.75, 3.05) is 43.2 Å². The molecule has 5 aromatic rings. The Morgan fingerprint density at radius 3 is 2.62 bits per heavy atom. The number of anilines is 1. The Labute approximate surface area is 247 Å². The van der Waals surface area contributed by atoms with Gasteiger partial charge in [0.15, 0.2) is 18.2 Å². The van der Waals surface area contributed by atoms with Crippen molar-refractivity contribution >= 4 is 29.2 Å². The lowest BCUT2D eigenvalue weighted by Gasteiger charge is -2.29. The fourth-order valence-electron chi connectivity index (χ4n) is 4.78. The first kappa shape index (κ1) is 27.9. The van der Waals surface area contributed by atoms with Crippen LogP contribution in [0.15, 0.2) is 60.8 Å². The van der Waals surface area contributed by atoms with Crippen molar-refractivity contribution in [3.63, 3.8) is 0 Å². The molecule has 1 saturated heterocycles. The Hall–Kier alpha value is -4.20. The van der Waals surface area contributed by atoms with Crippen molar-refractivity contribution in [2.24, 2.45) is 5.73 Å². The van der Waals surface area contributed by atoms with Gasteiger partial charge < -0.3 is 20.1 Å². The Balaban J connectivity index is 1.31. The second kappa shape index (κ2) is 12.3. The summed E-state index contributed by atoms with van der Waals surface area (Å²) in [6, 6.07) is 17.2. The summed E-state index contributed by atoms with van der Waals surface area (Å²) in [7, 11) is 0. The molecular weight excluding hydrogens is 554 g/mol. The van der Waals surface area contributed by atoms with E-state index in [0.29, 0.717) is 42.5 Å². The van der Waals surface area contributed by atoms with E-state index in [1.54, 1.807) is 21.1 Å². The molecule has 0 radical (unpaired) electrons. The highest BCUT2D eigenvalue weighted by Gasteiger charge is 2.21. The molecule has 218 valence electrons. The topological polar surface area (TPSA) is 131 Å². The van der Waals surface area contributed by atoms with E-state index in [2.05, 4.69) is 10.00 Å². The number of nitrogens with two attached hydrogens (primary N) is 1. The molecule has 0 unspecified atom stereocenters. The number of rotatable bonds is 10. The lowest BCUT2D eigenvalue weighted by molar-refractivity contribution is -0.149. The Bertz CT molecular complexity index is 1670. The Morgan fingerprint density at radius 1 is 1.05 bits per heavy atom. The number of benzene rings is 1.